The summed E-state index contributed by atoms with van der Waals surface area (Å²) in [5.41, 5.74) is 0. The van der Waals surface area contributed by atoms with Gasteiger partial charge in [-0.2, -0.15) is 0 Å². The topological polar surface area (TPSA) is 63.6 Å². The molecule has 8 unspecified atom stereocenters. The van der Waals surface area contributed by atoms with Gasteiger partial charge in [0, 0.05) is 0 Å². The normalized spacial score (nSPS) is 37.0. The van der Waals surface area contributed by atoms with Crippen molar-refractivity contribution < 1.29 is 19.4 Å². The summed E-state index contributed by atoms with van der Waals surface area (Å²) in [7, 11) is 0. The van der Waals surface area contributed by atoms with E-state index in [0.717, 1.165) is 18.8 Å². The van der Waals surface area contributed by atoms with Crippen LogP contribution < -0.4 is 0 Å². The lowest BCUT2D eigenvalue weighted by molar-refractivity contribution is -0.164. The molecule has 0 saturated heterocycles. The summed E-state index contributed by atoms with van der Waals surface area (Å²) in [4.78, 5) is 24.6. The zero-order valence-electron chi connectivity index (χ0n) is 20.1. The van der Waals surface area contributed by atoms with Crippen molar-refractivity contribution in [3.8, 4) is 0 Å². The van der Waals surface area contributed by atoms with Crippen molar-refractivity contribution in [2.75, 3.05) is 6.61 Å². The number of hydrogen-bond donors (Lipinski definition) is 1. The lowest BCUT2D eigenvalue weighted by atomic mass is 9.62. The first-order valence-corrected chi connectivity index (χ1v) is 12.7. The van der Waals surface area contributed by atoms with Gasteiger partial charge >= 0.3 is 11.9 Å². The lowest BCUT2D eigenvalue weighted by Crippen LogP contribution is -2.42. The molecular formula is C26H46O4. The van der Waals surface area contributed by atoms with Crippen molar-refractivity contribution in [3.05, 3.63) is 0 Å². The predicted molar refractivity (Wildman–Crippen MR) is 121 cm³/mol. The van der Waals surface area contributed by atoms with Gasteiger partial charge in [0.1, 0.15) is 0 Å². The van der Waals surface area contributed by atoms with Gasteiger partial charge < -0.3 is 9.84 Å². The van der Waals surface area contributed by atoms with E-state index >= 15 is 0 Å². The van der Waals surface area contributed by atoms with E-state index in [9.17, 15) is 14.7 Å². The third kappa shape index (κ3) is 6.47. The molecule has 0 bridgehead atoms. The van der Waals surface area contributed by atoms with Crippen LogP contribution in [-0.4, -0.2) is 23.7 Å². The fourth-order valence-corrected chi connectivity index (χ4v) is 6.52. The van der Waals surface area contributed by atoms with Crippen LogP contribution in [0.15, 0.2) is 0 Å². The minimum absolute atomic E-state index is 0.0410. The summed E-state index contributed by atoms with van der Waals surface area (Å²) in [6, 6.07) is 0. The van der Waals surface area contributed by atoms with E-state index in [0.29, 0.717) is 36.7 Å². The second-order valence-electron chi connectivity index (χ2n) is 10.6. The number of esters is 1. The quantitative estimate of drug-likeness (QED) is 0.319. The van der Waals surface area contributed by atoms with Gasteiger partial charge in [-0.05, 0) is 61.2 Å². The molecule has 174 valence electrons. The molecule has 0 aromatic rings. The summed E-state index contributed by atoms with van der Waals surface area (Å²) >= 11 is 0. The maximum absolute atomic E-state index is 12.8. The predicted octanol–water partition coefficient (Wildman–Crippen LogP) is 6.57. The second kappa shape index (κ2) is 12.1. The van der Waals surface area contributed by atoms with E-state index in [4.69, 9.17) is 4.74 Å². The van der Waals surface area contributed by atoms with Gasteiger partial charge in [-0.15, -0.1) is 0 Å². The third-order valence-electron chi connectivity index (χ3n) is 8.42. The molecule has 0 aromatic heterocycles. The fourth-order valence-electron chi connectivity index (χ4n) is 6.52. The Morgan fingerprint density at radius 2 is 1.57 bits per heavy atom. The van der Waals surface area contributed by atoms with Crippen LogP contribution in [0.25, 0.3) is 0 Å². The highest BCUT2D eigenvalue weighted by Crippen LogP contribution is 2.45. The molecule has 30 heavy (non-hydrogen) atoms. The summed E-state index contributed by atoms with van der Waals surface area (Å²) < 4.78 is 5.83. The number of rotatable bonds is 10. The highest BCUT2D eigenvalue weighted by molar-refractivity contribution is 5.81. The monoisotopic (exact) mass is 422 g/mol. The summed E-state index contributed by atoms with van der Waals surface area (Å²) in [5, 5.41) is 9.62. The van der Waals surface area contributed by atoms with E-state index < -0.39 is 17.8 Å². The molecule has 2 saturated carbocycles. The van der Waals surface area contributed by atoms with Crippen LogP contribution in [0.2, 0.25) is 0 Å². The van der Waals surface area contributed by atoms with Gasteiger partial charge in [-0.3, -0.25) is 9.59 Å². The van der Waals surface area contributed by atoms with E-state index in [1.165, 1.54) is 44.9 Å². The number of carboxylic acid groups (broad SMARTS) is 1. The van der Waals surface area contributed by atoms with Crippen molar-refractivity contribution in [1.82, 2.24) is 0 Å². The smallest absolute Gasteiger partial charge is 0.309 e. The maximum Gasteiger partial charge on any atom is 0.309 e. The molecule has 0 aliphatic heterocycles. The highest BCUT2D eigenvalue weighted by Gasteiger charge is 2.43. The number of ether oxygens (including phenoxy) is 1. The molecule has 1 N–H and O–H groups in total. The van der Waals surface area contributed by atoms with Crippen molar-refractivity contribution in [1.29, 1.82) is 0 Å². The fraction of sp³-hybridized carbons (Fsp3) is 0.923. The van der Waals surface area contributed by atoms with Gasteiger partial charge in [-0.1, -0.05) is 73.1 Å². The second-order valence-corrected chi connectivity index (χ2v) is 10.6. The Balaban J connectivity index is 1.92. The van der Waals surface area contributed by atoms with Crippen molar-refractivity contribution in [2.24, 2.45) is 47.3 Å². The van der Waals surface area contributed by atoms with E-state index in [1.807, 2.05) is 6.92 Å². The first kappa shape index (κ1) is 25.2. The van der Waals surface area contributed by atoms with Gasteiger partial charge in [0.2, 0.25) is 0 Å². The van der Waals surface area contributed by atoms with Gasteiger partial charge in [0.15, 0.2) is 0 Å². The number of unbranched alkanes of at least 4 members (excludes halogenated alkanes) is 4. The number of carboxylic acids is 1. The third-order valence-corrected chi connectivity index (χ3v) is 8.42. The summed E-state index contributed by atoms with van der Waals surface area (Å²) in [5.74, 6) is 0.745. The zero-order valence-corrected chi connectivity index (χ0v) is 20.1. The molecule has 0 heterocycles. The van der Waals surface area contributed by atoms with Crippen LogP contribution in [-0.2, 0) is 14.3 Å². The molecule has 2 aliphatic rings. The molecule has 2 fully saturated rings. The Bertz CT molecular complexity index is 545. The van der Waals surface area contributed by atoms with Crippen LogP contribution >= 0.6 is 0 Å². The number of aliphatic carboxylic acids is 1. The van der Waals surface area contributed by atoms with Gasteiger partial charge in [0.05, 0.1) is 18.4 Å². The molecule has 0 amide bonds. The summed E-state index contributed by atoms with van der Waals surface area (Å²) in [6.07, 6.45) is 11.5. The van der Waals surface area contributed by atoms with Crippen LogP contribution in [0.1, 0.15) is 98.8 Å². The summed E-state index contributed by atoms with van der Waals surface area (Å²) in [6.45, 7) is 11.7. The van der Waals surface area contributed by atoms with E-state index in [-0.39, 0.29) is 11.9 Å². The van der Waals surface area contributed by atoms with Crippen LogP contribution in [0.3, 0.4) is 0 Å². The Hall–Kier alpha value is -1.06. The molecule has 2 aliphatic carbocycles. The molecule has 0 aromatic carbocycles. The van der Waals surface area contributed by atoms with Gasteiger partial charge in [0.25, 0.3) is 0 Å². The average molecular weight is 423 g/mol. The molecular weight excluding hydrogens is 376 g/mol. The van der Waals surface area contributed by atoms with Gasteiger partial charge in [-0.25, -0.2) is 0 Å². The first-order chi connectivity index (χ1) is 14.3. The zero-order chi connectivity index (χ0) is 22.3. The first-order valence-electron chi connectivity index (χ1n) is 12.7. The SMILES string of the molecule is CCCCCCCC1C(C)CC(C)C(COC(=O)C2CCCC(C)C2C(=O)O)C1C. The van der Waals surface area contributed by atoms with Crippen molar-refractivity contribution in [3.63, 3.8) is 0 Å². The molecule has 2 rings (SSSR count). The lowest BCUT2D eigenvalue weighted by Gasteiger charge is -2.44. The Labute approximate surface area is 184 Å². The average Bonchev–Trinajstić information content (AvgIpc) is 2.68. The molecule has 0 radical (unpaired) electrons. The van der Waals surface area contributed by atoms with Crippen molar-refractivity contribution in [2.45, 2.75) is 98.8 Å². The van der Waals surface area contributed by atoms with Crippen LogP contribution in [0.4, 0.5) is 0 Å². The highest BCUT2D eigenvalue weighted by atomic mass is 16.5. The van der Waals surface area contributed by atoms with Crippen molar-refractivity contribution >= 4 is 11.9 Å². The Morgan fingerprint density at radius 1 is 0.900 bits per heavy atom. The number of hydrogen-bond acceptors (Lipinski definition) is 3. The molecule has 8 atom stereocenters. The van der Waals surface area contributed by atoms with E-state index in [1.54, 1.807) is 0 Å². The Morgan fingerprint density at radius 3 is 2.23 bits per heavy atom. The number of carbonyl (C=O) groups is 2. The minimum Gasteiger partial charge on any atom is -0.481 e. The maximum atomic E-state index is 12.8. The Kier molecular flexibility index (Phi) is 10.2. The molecule has 4 nitrogen and oxygen atoms in total. The molecule has 4 heteroatoms. The van der Waals surface area contributed by atoms with E-state index in [2.05, 4.69) is 27.7 Å². The van der Waals surface area contributed by atoms with Crippen LogP contribution in [0, 0.1) is 47.3 Å². The standard InChI is InChI=1S/C26H46O4/c1-6-7-8-9-10-13-21-18(3)15-19(4)23(20(21)5)16-30-26(29)22-14-11-12-17(2)24(22)25(27)28/h17-24H,6-16H2,1-5H3,(H,27,28). The molecule has 0 spiro atoms. The minimum atomic E-state index is -0.847. The number of carbonyl (C=O) groups excluding carboxylic acids is 1. The van der Waals surface area contributed by atoms with Crippen LogP contribution in [0.5, 0.6) is 0 Å². The largest absolute Gasteiger partial charge is 0.481 e.